The van der Waals surface area contributed by atoms with Crippen LogP contribution in [-0.4, -0.2) is 11.8 Å². The number of carbonyl (C=O) groups is 2. The molecular formula is C17H14Cl2N2O2. The molecule has 23 heavy (non-hydrogen) atoms. The van der Waals surface area contributed by atoms with Gasteiger partial charge in [-0.2, -0.15) is 0 Å². The third-order valence-corrected chi connectivity index (χ3v) is 4.52. The second-order valence-corrected chi connectivity index (χ2v) is 6.21. The van der Waals surface area contributed by atoms with Gasteiger partial charge in [-0.1, -0.05) is 53.5 Å². The van der Waals surface area contributed by atoms with E-state index in [1.807, 2.05) is 24.3 Å². The van der Waals surface area contributed by atoms with Gasteiger partial charge < -0.3 is 0 Å². The fourth-order valence-corrected chi connectivity index (χ4v) is 3.03. The Kier molecular flexibility index (Phi) is 4.55. The molecule has 0 radical (unpaired) electrons. The van der Waals surface area contributed by atoms with Crippen LogP contribution in [0.25, 0.3) is 0 Å². The molecule has 1 aliphatic rings. The predicted octanol–water partition coefficient (Wildman–Crippen LogP) is 3.56. The molecule has 1 fully saturated rings. The number of nitrogens with one attached hydrogen (secondary N) is 2. The van der Waals surface area contributed by atoms with Crippen LogP contribution in [0.5, 0.6) is 0 Å². The first-order valence-electron chi connectivity index (χ1n) is 7.17. The second-order valence-electron chi connectivity index (χ2n) is 5.39. The van der Waals surface area contributed by atoms with Crippen LogP contribution in [0, 0.1) is 5.92 Å². The highest BCUT2D eigenvalue weighted by molar-refractivity contribution is 6.33. The van der Waals surface area contributed by atoms with Gasteiger partial charge in [-0.05, 0) is 36.1 Å². The van der Waals surface area contributed by atoms with Crippen molar-refractivity contribution in [3.05, 3.63) is 69.7 Å². The summed E-state index contributed by atoms with van der Waals surface area (Å²) in [6.45, 7) is 0. The molecule has 2 unspecified atom stereocenters. The number of amides is 2. The van der Waals surface area contributed by atoms with E-state index in [1.165, 1.54) is 0 Å². The maximum absolute atomic E-state index is 12.1. The van der Waals surface area contributed by atoms with E-state index in [0.29, 0.717) is 15.6 Å². The molecule has 2 N–H and O–H groups in total. The van der Waals surface area contributed by atoms with Crippen molar-refractivity contribution in [2.75, 3.05) is 0 Å². The Morgan fingerprint density at radius 1 is 0.913 bits per heavy atom. The van der Waals surface area contributed by atoms with Crippen molar-refractivity contribution < 1.29 is 9.59 Å². The summed E-state index contributed by atoms with van der Waals surface area (Å²) in [7, 11) is 0. The molecule has 0 aromatic heterocycles. The largest absolute Gasteiger partial charge is 0.273 e. The summed E-state index contributed by atoms with van der Waals surface area (Å²) in [5.41, 5.74) is 6.12. The summed E-state index contributed by atoms with van der Waals surface area (Å²) in [6.07, 6.45) is 0.720. The number of rotatable bonds is 3. The lowest BCUT2D eigenvalue weighted by Crippen LogP contribution is -2.42. The number of benzene rings is 2. The van der Waals surface area contributed by atoms with Gasteiger partial charge >= 0.3 is 0 Å². The van der Waals surface area contributed by atoms with Gasteiger partial charge in [-0.15, -0.1) is 0 Å². The number of hydrazine groups is 1. The zero-order valence-corrected chi connectivity index (χ0v) is 13.6. The molecule has 2 atom stereocenters. The zero-order valence-electron chi connectivity index (χ0n) is 12.1. The van der Waals surface area contributed by atoms with Crippen LogP contribution in [0.2, 0.25) is 10.0 Å². The fourth-order valence-electron chi connectivity index (χ4n) is 2.53. The van der Waals surface area contributed by atoms with E-state index in [4.69, 9.17) is 23.2 Å². The van der Waals surface area contributed by atoms with Crippen molar-refractivity contribution in [3.8, 4) is 0 Å². The van der Waals surface area contributed by atoms with Gasteiger partial charge in [-0.3, -0.25) is 20.4 Å². The van der Waals surface area contributed by atoms with E-state index in [1.54, 1.807) is 24.3 Å². The van der Waals surface area contributed by atoms with Crippen LogP contribution in [0.1, 0.15) is 28.3 Å². The zero-order chi connectivity index (χ0) is 16.4. The topological polar surface area (TPSA) is 58.2 Å². The summed E-state index contributed by atoms with van der Waals surface area (Å²) < 4.78 is 0. The Hall–Kier alpha value is -2.04. The molecule has 3 rings (SSSR count). The first kappa shape index (κ1) is 15.8. The first-order chi connectivity index (χ1) is 11.1. The van der Waals surface area contributed by atoms with Crippen LogP contribution >= 0.6 is 23.2 Å². The minimum absolute atomic E-state index is 0.0981. The highest BCUT2D eigenvalue weighted by Gasteiger charge is 2.44. The Morgan fingerprint density at radius 2 is 1.57 bits per heavy atom. The second kappa shape index (κ2) is 6.60. The summed E-state index contributed by atoms with van der Waals surface area (Å²) in [5, 5.41) is 0.993. The predicted molar refractivity (Wildman–Crippen MR) is 89.4 cm³/mol. The Balaban J connectivity index is 1.56. The van der Waals surface area contributed by atoms with E-state index < -0.39 is 5.91 Å². The summed E-state index contributed by atoms with van der Waals surface area (Å²) in [6, 6.07) is 14.1. The lowest BCUT2D eigenvalue weighted by atomic mass is 10.1. The molecule has 118 valence electrons. The van der Waals surface area contributed by atoms with E-state index in [-0.39, 0.29) is 17.7 Å². The number of hydrogen-bond acceptors (Lipinski definition) is 2. The molecule has 0 aliphatic heterocycles. The molecule has 6 heteroatoms. The van der Waals surface area contributed by atoms with Crippen molar-refractivity contribution in [1.82, 2.24) is 10.9 Å². The highest BCUT2D eigenvalue weighted by Crippen LogP contribution is 2.49. The van der Waals surface area contributed by atoms with Crippen molar-refractivity contribution >= 4 is 35.0 Å². The Morgan fingerprint density at radius 3 is 2.26 bits per heavy atom. The van der Waals surface area contributed by atoms with Crippen LogP contribution in [0.15, 0.2) is 48.5 Å². The number of carbonyl (C=O) groups excluding carboxylic acids is 2. The smallest absolute Gasteiger partial charge is 0.271 e. The van der Waals surface area contributed by atoms with Crippen molar-refractivity contribution in [3.63, 3.8) is 0 Å². The minimum Gasteiger partial charge on any atom is -0.273 e. The maximum Gasteiger partial charge on any atom is 0.271 e. The molecule has 1 aliphatic carbocycles. The third-order valence-electron chi connectivity index (χ3n) is 3.85. The summed E-state index contributed by atoms with van der Waals surface area (Å²) in [4.78, 5) is 24.1. The van der Waals surface area contributed by atoms with Gasteiger partial charge in [0.25, 0.3) is 5.91 Å². The van der Waals surface area contributed by atoms with Gasteiger partial charge in [0, 0.05) is 10.9 Å². The minimum atomic E-state index is -0.445. The van der Waals surface area contributed by atoms with Crippen LogP contribution < -0.4 is 10.9 Å². The molecule has 0 bridgehead atoms. The van der Waals surface area contributed by atoms with Crippen molar-refractivity contribution in [2.24, 2.45) is 5.92 Å². The van der Waals surface area contributed by atoms with Crippen molar-refractivity contribution in [2.45, 2.75) is 12.3 Å². The lowest BCUT2D eigenvalue weighted by Gasteiger charge is -2.08. The normalized spacial score (nSPS) is 19.0. The highest BCUT2D eigenvalue weighted by atomic mass is 35.5. The lowest BCUT2D eigenvalue weighted by molar-refractivity contribution is -0.123. The van der Waals surface area contributed by atoms with Gasteiger partial charge in [0.1, 0.15) is 0 Å². The van der Waals surface area contributed by atoms with Crippen LogP contribution in [-0.2, 0) is 4.79 Å². The van der Waals surface area contributed by atoms with E-state index in [2.05, 4.69) is 10.9 Å². The standard InChI is InChI=1S/C17H14Cl2N2O2/c18-14-7-3-1-5-10(14)12-9-13(12)17(23)21-20-16(22)11-6-2-4-8-15(11)19/h1-8,12-13H,9H2,(H,20,22)(H,21,23). The van der Waals surface area contributed by atoms with Gasteiger partial charge in [-0.25, -0.2) is 0 Å². The fraction of sp³-hybridized carbons (Fsp3) is 0.176. The van der Waals surface area contributed by atoms with Gasteiger partial charge in [0.15, 0.2) is 0 Å². The molecule has 1 saturated carbocycles. The Bertz CT molecular complexity index is 764. The van der Waals surface area contributed by atoms with Crippen molar-refractivity contribution in [1.29, 1.82) is 0 Å². The average Bonchev–Trinajstić information content (AvgIpc) is 3.33. The maximum atomic E-state index is 12.1. The SMILES string of the molecule is O=C(NNC(=O)C1CC1c1ccccc1Cl)c1ccccc1Cl. The monoisotopic (exact) mass is 348 g/mol. The molecule has 0 saturated heterocycles. The molecule has 2 aromatic rings. The average molecular weight is 349 g/mol. The summed E-state index contributed by atoms with van der Waals surface area (Å²) >= 11 is 12.1. The van der Waals surface area contributed by atoms with Gasteiger partial charge in [0.05, 0.1) is 10.6 Å². The number of hydrogen-bond donors (Lipinski definition) is 2. The van der Waals surface area contributed by atoms with Crippen LogP contribution in [0.3, 0.4) is 0 Å². The van der Waals surface area contributed by atoms with Crippen LogP contribution in [0.4, 0.5) is 0 Å². The molecule has 0 spiro atoms. The van der Waals surface area contributed by atoms with E-state index >= 15 is 0 Å². The number of halogens is 2. The summed E-state index contributed by atoms with van der Waals surface area (Å²) in [5.74, 6) is -0.753. The van der Waals surface area contributed by atoms with Gasteiger partial charge in [0.2, 0.25) is 5.91 Å². The first-order valence-corrected chi connectivity index (χ1v) is 7.92. The molecular weight excluding hydrogens is 335 g/mol. The molecule has 0 heterocycles. The molecule has 4 nitrogen and oxygen atoms in total. The Labute approximate surface area is 143 Å². The molecule has 2 amide bonds. The van der Waals surface area contributed by atoms with E-state index in [9.17, 15) is 9.59 Å². The quantitative estimate of drug-likeness (QED) is 0.833. The van der Waals surface area contributed by atoms with E-state index in [0.717, 1.165) is 12.0 Å². The molecule has 2 aromatic carbocycles. The third kappa shape index (κ3) is 3.49.